The van der Waals surface area contributed by atoms with Crippen molar-refractivity contribution in [3.8, 4) is 0 Å². The number of unbranched alkanes of at least 4 members (excludes halogenated alkanes) is 27. The second kappa shape index (κ2) is 31.7. The number of rotatable bonds is 40. The SMILES string of the molecule is CCCCCCCCCCCCc1ccccc1S(=O)(=O)C(C(C)(C)O)(S(=O)(=O)c1ccccc1CCCCCCCCCCCC)S(=O)(=O)c1ccccc1CCCCCCCCCCCC. The topological polar surface area (TPSA) is 123 Å². The van der Waals surface area contributed by atoms with Crippen LogP contribution >= 0.6 is 0 Å². The molecule has 0 aliphatic rings. The molecule has 0 atom stereocenters. The Kier molecular flexibility index (Phi) is 27.9. The summed E-state index contributed by atoms with van der Waals surface area (Å²) in [5.74, 6) is 0. The maximum Gasteiger partial charge on any atom is 0.312 e. The van der Waals surface area contributed by atoms with Crippen LogP contribution in [0.5, 0.6) is 0 Å². The molecule has 3 rings (SSSR count). The lowest BCUT2D eigenvalue weighted by atomic mass is 10.0. The number of hydrogen-bond acceptors (Lipinski definition) is 7. The lowest BCUT2D eigenvalue weighted by Gasteiger charge is -2.41. The van der Waals surface area contributed by atoms with Crippen molar-refractivity contribution in [2.24, 2.45) is 0 Å². The Labute approximate surface area is 417 Å². The van der Waals surface area contributed by atoms with E-state index in [2.05, 4.69) is 20.8 Å². The number of sulfone groups is 3. The summed E-state index contributed by atoms with van der Waals surface area (Å²) in [6.07, 6.45) is 33.7. The molecule has 3 aromatic rings. The van der Waals surface area contributed by atoms with Crippen LogP contribution in [-0.4, -0.2) is 39.4 Å². The molecular formula is C58H94O7S3. The molecule has 0 radical (unpaired) electrons. The predicted octanol–water partition coefficient (Wildman–Crippen LogP) is 16.2. The average Bonchev–Trinajstić information content (AvgIpc) is 3.30. The molecule has 386 valence electrons. The molecule has 0 bridgehead atoms. The normalized spacial score (nSPS) is 12.8. The van der Waals surface area contributed by atoms with Gasteiger partial charge in [0.2, 0.25) is 29.5 Å². The molecule has 0 aromatic heterocycles. The lowest BCUT2D eigenvalue weighted by Crippen LogP contribution is -2.65. The smallest absolute Gasteiger partial charge is 0.312 e. The quantitative estimate of drug-likeness (QED) is 0.0563. The molecule has 0 unspecified atom stereocenters. The van der Waals surface area contributed by atoms with Crippen molar-refractivity contribution < 1.29 is 30.4 Å². The van der Waals surface area contributed by atoms with Gasteiger partial charge in [-0.3, -0.25) is 0 Å². The van der Waals surface area contributed by atoms with Gasteiger partial charge in [0, 0.05) is 0 Å². The van der Waals surface area contributed by atoms with E-state index in [-0.39, 0.29) is 14.7 Å². The van der Waals surface area contributed by atoms with Crippen LogP contribution in [0.1, 0.15) is 244 Å². The highest BCUT2D eigenvalue weighted by Gasteiger charge is 2.74. The molecule has 0 fully saturated rings. The Bertz CT molecular complexity index is 1940. The van der Waals surface area contributed by atoms with Gasteiger partial charge in [-0.05, 0) is 87.3 Å². The van der Waals surface area contributed by atoms with Crippen LogP contribution < -0.4 is 0 Å². The molecule has 10 heteroatoms. The molecular weight excluding hydrogens is 905 g/mol. The van der Waals surface area contributed by atoms with E-state index in [9.17, 15) is 5.11 Å². The first-order chi connectivity index (χ1) is 32.7. The van der Waals surface area contributed by atoms with Crippen LogP contribution in [0, 0.1) is 0 Å². The van der Waals surface area contributed by atoms with Gasteiger partial charge in [0.05, 0.1) is 14.7 Å². The Morgan fingerprint density at radius 3 is 0.721 bits per heavy atom. The number of hydrogen-bond donors (Lipinski definition) is 1. The summed E-state index contributed by atoms with van der Waals surface area (Å²) < 4.78 is 92.5. The van der Waals surface area contributed by atoms with Gasteiger partial charge in [0.15, 0.2) is 0 Å². The maximum atomic E-state index is 16.0. The van der Waals surface area contributed by atoms with E-state index in [1.54, 1.807) is 36.4 Å². The van der Waals surface area contributed by atoms with Crippen LogP contribution in [0.15, 0.2) is 87.5 Å². The first-order valence-electron chi connectivity index (χ1n) is 27.4. The van der Waals surface area contributed by atoms with Crippen molar-refractivity contribution in [2.45, 2.75) is 270 Å². The van der Waals surface area contributed by atoms with Crippen molar-refractivity contribution in [1.29, 1.82) is 0 Å². The van der Waals surface area contributed by atoms with Crippen LogP contribution in [0.25, 0.3) is 0 Å². The maximum absolute atomic E-state index is 16.0. The van der Waals surface area contributed by atoms with Gasteiger partial charge >= 0.3 is 3.41 Å². The Morgan fingerprint density at radius 2 is 0.515 bits per heavy atom. The molecule has 68 heavy (non-hydrogen) atoms. The van der Waals surface area contributed by atoms with Gasteiger partial charge in [0.25, 0.3) is 0 Å². The van der Waals surface area contributed by atoms with E-state index in [1.165, 1.54) is 133 Å². The third-order valence-electron chi connectivity index (χ3n) is 14.0. The number of benzene rings is 3. The molecule has 0 aliphatic heterocycles. The highest BCUT2D eigenvalue weighted by Crippen LogP contribution is 2.51. The fourth-order valence-electron chi connectivity index (χ4n) is 10.2. The second-order valence-electron chi connectivity index (χ2n) is 20.2. The minimum absolute atomic E-state index is 0.318. The molecule has 1 N–H and O–H groups in total. The van der Waals surface area contributed by atoms with Gasteiger partial charge in [-0.15, -0.1) is 0 Å². The van der Waals surface area contributed by atoms with E-state index in [4.69, 9.17) is 0 Å². The minimum Gasteiger partial charge on any atom is -0.387 e. The molecule has 0 aliphatic carbocycles. The fraction of sp³-hybridized carbons (Fsp3) is 0.690. The zero-order chi connectivity index (χ0) is 49.8. The number of aliphatic hydroxyl groups is 1. The Hall–Kier alpha value is -2.53. The van der Waals surface area contributed by atoms with Gasteiger partial charge in [0.1, 0.15) is 5.60 Å². The van der Waals surface area contributed by atoms with Gasteiger partial charge < -0.3 is 5.11 Å². The standard InChI is InChI=1S/C58H94O7S3/c1-6-9-12-15-18-21-24-27-30-33-42-51-45-36-39-48-54(51)66(60,61)58(57(4,5)59,67(62,63)55-49-40-37-46-52(55)43-34-31-28-25-22-19-16-13-10-7-2)68(64,65)56-50-41-38-47-53(56)44-35-32-29-26-23-20-17-14-11-8-3/h36-41,45-50,59H,6-35,42-44H2,1-5H3. The molecule has 3 aromatic carbocycles. The second-order valence-corrected chi connectivity index (χ2v) is 27.2. The summed E-state index contributed by atoms with van der Waals surface area (Å²) >= 11 is 0. The lowest BCUT2D eigenvalue weighted by molar-refractivity contribution is 0.0828. The van der Waals surface area contributed by atoms with Crippen molar-refractivity contribution >= 4 is 29.5 Å². The summed E-state index contributed by atoms with van der Waals surface area (Å²) in [5, 5.41) is 12.5. The number of aryl methyl sites for hydroxylation is 3. The molecule has 0 heterocycles. The van der Waals surface area contributed by atoms with Gasteiger partial charge in [-0.1, -0.05) is 249 Å². The summed E-state index contributed by atoms with van der Waals surface area (Å²) in [5.41, 5.74) is -1.79. The van der Waals surface area contributed by atoms with E-state index < -0.39 is 38.5 Å². The zero-order valence-corrected chi connectivity index (χ0v) is 45.8. The van der Waals surface area contributed by atoms with E-state index in [0.717, 1.165) is 90.9 Å². The fourth-order valence-corrected chi connectivity index (χ4v) is 20.4. The van der Waals surface area contributed by atoms with Gasteiger partial charge in [-0.25, -0.2) is 25.3 Å². The summed E-state index contributed by atoms with van der Waals surface area (Å²) in [4.78, 5) is -1.11. The van der Waals surface area contributed by atoms with Crippen LogP contribution in [0.2, 0.25) is 0 Å². The van der Waals surface area contributed by atoms with E-state index in [1.807, 2.05) is 0 Å². The minimum atomic E-state index is -5.47. The average molecular weight is 1000 g/mol. The summed E-state index contributed by atoms with van der Waals surface area (Å²) in [7, 11) is -16.4. The van der Waals surface area contributed by atoms with Crippen LogP contribution in [-0.2, 0) is 48.8 Å². The van der Waals surface area contributed by atoms with Crippen molar-refractivity contribution in [1.82, 2.24) is 0 Å². The van der Waals surface area contributed by atoms with Crippen molar-refractivity contribution in [3.05, 3.63) is 89.5 Å². The van der Waals surface area contributed by atoms with Crippen molar-refractivity contribution in [3.63, 3.8) is 0 Å². The predicted molar refractivity (Wildman–Crippen MR) is 287 cm³/mol. The van der Waals surface area contributed by atoms with Gasteiger partial charge in [-0.2, -0.15) is 0 Å². The third-order valence-corrected chi connectivity index (χ3v) is 24.5. The summed E-state index contributed by atoms with van der Waals surface area (Å²) in [6, 6.07) is 18.7. The highest BCUT2D eigenvalue weighted by atomic mass is 32.3. The Morgan fingerprint density at radius 1 is 0.324 bits per heavy atom. The first kappa shape index (κ1) is 59.8. The molecule has 7 nitrogen and oxygen atoms in total. The summed E-state index contributed by atoms with van der Waals surface area (Å²) in [6.45, 7) is 8.72. The largest absolute Gasteiger partial charge is 0.387 e. The van der Waals surface area contributed by atoms with Crippen LogP contribution in [0.3, 0.4) is 0 Å². The Balaban J connectivity index is 2.09. The zero-order valence-electron chi connectivity index (χ0n) is 43.4. The van der Waals surface area contributed by atoms with E-state index in [0.29, 0.717) is 55.2 Å². The van der Waals surface area contributed by atoms with E-state index >= 15 is 25.3 Å². The highest BCUT2D eigenvalue weighted by molar-refractivity contribution is 8.26. The van der Waals surface area contributed by atoms with Crippen LogP contribution in [0.4, 0.5) is 0 Å². The third kappa shape index (κ3) is 17.1. The molecule has 0 spiro atoms. The molecule has 0 saturated carbocycles. The molecule has 0 saturated heterocycles. The molecule has 0 amide bonds. The van der Waals surface area contributed by atoms with Crippen molar-refractivity contribution in [2.75, 3.05) is 0 Å². The monoisotopic (exact) mass is 999 g/mol. The first-order valence-corrected chi connectivity index (χ1v) is 31.8.